The van der Waals surface area contributed by atoms with E-state index in [-0.39, 0.29) is 11.7 Å². The summed E-state index contributed by atoms with van der Waals surface area (Å²) in [7, 11) is 0. The predicted octanol–water partition coefficient (Wildman–Crippen LogP) is 3.56. The van der Waals surface area contributed by atoms with Gasteiger partial charge >= 0.3 is 0 Å². The minimum Gasteiger partial charge on any atom is -0.492 e. The van der Waals surface area contributed by atoms with Crippen LogP contribution in [0.4, 0.5) is 4.39 Å². The Labute approximate surface area is 140 Å². The van der Waals surface area contributed by atoms with E-state index in [2.05, 4.69) is 5.32 Å². The molecule has 0 aliphatic rings. The van der Waals surface area contributed by atoms with Crippen molar-refractivity contribution in [3.63, 3.8) is 0 Å². The van der Waals surface area contributed by atoms with Crippen LogP contribution in [0.3, 0.4) is 0 Å². The second-order valence-corrected chi connectivity index (χ2v) is 6.17. The van der Waals surface area contributed by atoms with E-state index in [0.29, 0.717) is 18.9 Å². The predicted molar refractivity (Wildman–Crippen MR) is 92.2 cm³/mol. The zero-order valence-corrected chi connectivity index (χ0v) is 13.9. The normalized spacial score (nSPS) is 10.3. The monoisotopic (exact) mass is 333 g/mol. The Balaban J connectivity index is 1.58. The molecule has 0 aliphatic carbocycles. The van der Waals surface area contributed by atoms with Gasteiger partial charge in [0.05, 0.1) is 12.4 Å². The number of carbonyl (C=O) groups is 1. The summed E-state index contributed by atoms with van der Waals surface area (Å²) in [5.74, 6) is 1.71. The van der Waals surface area contributed by atoms with E-state index in [1.165, 1.54) is 23.9 Å². The number of rotatable bonds is 8. The molecule has 0 aromatic heterocycles. The van der Waals surface area contributed by atoms with Crippen molar-refractivity contribution in [1.82, 2.24) is 5.32 Å². The van der Waals surface area contributed by atoms with Crippen LogP contribution in [0.15, 0.2) is 48.5 Å². The molecule has 0 bridgehead atoms. The van der Waals surface area contributed by atoms with Crippen LogP contribution in [0.5, 0.6) is 5.75 Å². The van der Waals surface area contributed by atoms with Gasteiger partial charge in [0.25, 0.3) is 0 Å². The first-order valence-corrected chi connectivity index (χ1v) is 8.58. The molecule has 0 radical (unpaired) electrons. The molecule has 2 rings (SSSR count). The Morgan fingerprint density at radius 2 is 1.91 bits per heavy atom. The summed E-state index contributed by atoms with van der Waals surface area (Å²) < 4.78 is 18.4. The van der Waals surface area contributed by atoms with E-state index in [1.54, 1.807) is 12.1 Å². The summed E-state index contributed by atoms with van der Waals surface area (Å²) in [5.41, 5.74) is 1.99. The van der Waals surface area contributed by atoms with Crippen LogP contribution in [0.25, 0.3) is 0 Å². The second-order valence-electron chi connectivity index (χ2n) is 5.07. The standard InChI is InChI=1S/C18H20FNO2S/c1-14-4-2-3-5-17(14)22-10-11-23-13-18(21)20-12-15-6-8-16(19)9-7-15/h2-9H,10-13H2,1H3,(H,20,21). The fourth-order valence-electron chi connectivity index (χ4n) is 1.95. The lowest BCUT2D eigenvalue weighted by atomic mass is 10.2. The fraction of sp³-hybridized carbons (Fsp3) is 0.278. The molecule has 1 N–H and O–H groups in total. The van der Waals surface area contributed by atoms with Crippen LogP contribution < -0.4 is 10.1 Å². The van der Waals surface area contributed by atoms with Crippen LogP contribution in [0, 0.1) is 12.7 Å². The molecule has 0 spiro atoms. The quantitative estimate of drug-likeness (QED) is 0.751. The number of hydrogen-bond donors (Lipinski definition) is 1. The van der Waals surface area contributed by atoms with E-state index in [9.17, 15) is 9.18 Å². The average molecular weight is 333 g/mol. The summed E-state index contributed by atoms with van der Waals surface area (Å²) in [5, 5.41) is 2.81. The third-order valence-electron chi connectivity index (χ3n) is 3.21. The summed E-state index contributed by atoms with van der Waals surface area (Å²) in [6.45, 7) is 2.99. The molecule has 5 heteroatoms. The zero-order valence-electron chi connectivity index (χ0n) is 13.0. The van der Waals surface area contributed by atoms with Crippen molar-refractivity contribution in [2.75, 3.05) is 18.1 Å². The number of halogens is 1. The second kappa shape index (κ2) is 9.20. The highest BCUT2D eigenvalue weighted by Crippen LogP contribution is 2.16. The third-order valence-corrected chi connectivity index (χ3v) is 4.14. The van der Waals surface area contributed by atoms with Gasteiger partial charge in [0.15, 0.2) is 0 Å². The van der Waals surface area contributed by atoms with E-state index < -0.39 is 0 Å². The lowest BCUT2D eigenvalue weighted by Crippen LogP contribution is -2.25. The molecule has 23 heavy (non-hydrogen) atoms. The van der Waals surface area contributed by atoms with Gasteiger partial charge in [0.1, 0.15) is 11.6 Å². The number of amides is 1. The Morgan fingerprint density at radius 1 is 1.17 bits per heavy atom. The van der Waals surface area contributed by atoms with Crippen LogP contribution in [0.1, 0.15) is 11.1 Å². The molecule has 0 saturated carbocycles. The number of ether oxygens (including phenoxy) is 1. The Bertz CT molecular complexity index is 631. The highest BCUT2D eigenvalue weighted by Gasteiger charge is 2.03. The van der Waals surface area contributed by atoms with Crippen molar-refractivity contribution in [2.45, 2.75) is 13.5 Å². The molecule has 0 heterocycles. The number of benzene rings is 2. The van der Waals surface area contributed by atoms with Crippen molar-refractivity contribution in [1.29, 1.82) is 0 Å². The molecule has 0 fully saturated rings. The molecule has 1 amide bonds. The number of nitrogens with one attached hydrogen (secondary N) is 1. The molecule has 2 aromatic rings. The molecule has 0 saturated heterocycles. The highest BCUT2D eigenvalue weighted by atomic mass is 32.2. The molecule has 122 valence electrons. The smallest absolute Gasteiger partial charge is 0.230 e. The lowest BCUT2D eigenvalue weighted by molar-refractivity contribution is -0.118. The van der Waals surface area contributed by atoms with Crippen molar-refractivity contribution < 1.29 is 13.9 Å². The first-order valence-electron chi connectivity index (χ1n) is 7.42. The first kappa shape index (κ1) is 17.3. The maximum atomic E-state index is 12.8. The zero-order chi connectivity index (χ0) is 16.5. The number of para-hydroxylation sites is 1. The van der Waals surface area contributed by atoms with Gasteiger partial charge in [0.2, 0.25) is 5.91 Å². The van der Waals surface area contributed by atoms with Gasteiger partial charge in [-0.2, -0.15) is 0 Å². The minimum atomic E-state index is -0.274. The van der Waals surface area contributed by atoms with Gasteiger partial charge in [-0.25, -0.2) is 4.39 Å². The first-order chi connectivity index (χ1) is 11.1. The van der Waals surface area contributed by atoms with Gasteiger partial charge in [-0.3, -0.25) is 4.79 Å². The number of carbonyl (C=O) groups excluding carboxylic acids is 1. The minimum absolute atomic E-state index is 0.0322. The fourth-order valence-corrected chi connectivity index (χ4v) is 2.58. The molecular formula is C18H20FNO2S. The van der Waals surface area contributed by atoms with Gasteiger partial charge < -0.3 is 10.1 Å². The largest absolute Gasteiger partial charge is 0.492 e. The molecule has 0 aliphatic heterocycles. The number of aryl methyl sites for hydroxylation is 1. The number of hydrogen-bond acceptors (Lipinski definition) is 3. The van der Waals surface area contributed by atoms with Gasteiger partial charge in [-0.05, 0) is 36.2 Å². The van der Waals surface area contributed by atoms with Crippen molar-refractivity contribution in [3.8, 4) is 5.75 Å². The Kier molecular flexibility index (Phi) is 6.94. The maximum Gasteiger partial charge on any atom is 0.230 e. The van der Waals surface area contributed by atoms with E-state index >= 15 is 0 Å². The Morgan fingerprint density at radius 3 is 2.65 bits per heavy atom. The van der Waals surface area contributed by atoms with Crippen molar-refractivity contribution in [3.05, 3.63) is 65.5 Å². The van der Waals surface area contributed by atoms with Crippen LogP contribution >= 0.6 is 11.8 Å². The van der Waals surface area contributed by atoms with Crippen LogP contribution in [-0.4, -0.2) is 24.0 Å². The molecular weight excluding hydrogens is 313 g/mol. The highest BCUT2D eigenvalue weighted by molar-refractivity contribution is 7.99. The molecule has 0 atom stereocenters. The van der Waals surface area contributed by atoms with Crippen LogP contribution in [0.2, 0.25) is 0 Å². The van der Waals surface area contributed by atoms with Gasteiger partial charge in [-0.15, -0.1) is 11.8 Å². The molecule has 3 nitrogen and oxygen atoms in total. The molecule has 2 aromatic carbocycles. The third kappa shape index (κ3) is 6.32. The van der Waals surface area contributed by atoms with Gasteiger partial charge in [-0.1, -0.05) is 30.3 Å². The maximum absolute atomic E-state index is 12.8. The molecule has 0 unspecified atom stereocenters. The van der Waals surface area contributed by atoms with Crippen molar-refractivity contribution in [2.24, 2.45) is 0 Å². The van der Waals surface area contributed by atoms with E-state index in [0.717, 1.165) is 22.6 Å². The summed E-state index contributed by atoms with van der Waals surface area (Å²) in [6.07, 6.45) is 0. The number of thioether (sulfide) groups is 1. The van der Waals surface area contributed by atoms with E-state index in [1.807, 2.05) is 31.2 Å². The summed E-state index contributed by atoms with van der Waals surface area (Å²) >= 11 is 1.53. The summed E-state index contributed by atoms with van der Waals surface area (Å²) in [4.78, 5) is 11.7. The Hall–Kier alpha value is -2.01. The van der Waals surface area contributed by atoms with Crippen LogP contribution in [-0.2, 0) is 11.3 Å². The van der Waals surface area contributed by atoms with E-state index in [4.69, 9.17) is 4.74 Å². The van der Waals surface area contributed by atoms with Crippen molar-refractivity contribution >= 4 is 17.7 Å². The van der Waals surface area contributed by atoms with Gasteiger partial charge in [0, 0.05) is 12.3 Å². The summed E-state index contributed by atoms with van der Waals surface area (Å²) in [6, 6.07) is 14.0. The average Bonchev–Trinajstić information content (AvgIpc) is 2.55. The lowest BCUT2D eigenvalue weighted by Gasteiger charge is -2.09. The SMILES string of the molecule is Cc1ccccc1OCCSCC(=O)NCc1ccc(F)cc1. The topological polar surface area (TPSA) is 38.3 Å².